The molecule has 0 spiro atoms. The predicted molar refractivity (Wildman–Crippen MR) is 49.3 cm³/mol. The molecule has 0 heterocycles. The van der Waals surface area contributed by atoms with Crippen LogP contribution in [0.4, 0.5) is 13.2 Å². The predicted octanol–water partition coefficient (Wildman–Crippen LogP) is 2.77. The Morgan fingerprint density at radius 1 is 1.20 bits per heavy atom. The molecule has 1 aliphatic rings. The average Bonchev–Trinajstić information content (AvgIpc) is 2.83. The number of hydrogen-bond acceptors (Lipinski definition) is 1. The summed E-state index contributed by atoms with van der Waals surface area (Å²) in [6, 6.07) is 6.23. The van der Waals surface area contributed by atoms with Gasteiger partial charge in [-0.2, -0.15) is 13.2 Å². The normalized spacial score (nSPS) is 18.9. The summed E-state index contributed by atoms with van der Waals surface area (Å²) in [6.07, 6.45) is -4.07. The Morgan fingerprint density at radius 3 is 2.33 bits per heavy atom. The molecule has 1 nitrogen and oxygen atoms in total. The van der Waals surface area contributed by atoms with Gasteiger partial charge in [-0.05, 0) is 24.0 Å². The van der Waals surface area contributed by atoms with Crippen molar-refractivity contribution in [2.24, 2.45) is 0 Å². The second-order valence-corrected chi connectivity index (χ2v) is 3.98. The number of benzene rings is 1. The lowest BCUT2D eigenvalue weighted by atomic mass is 9.98. The quantitative estimate of drug-likeness (QED) is 0.805. The summed E-state index contributed by atoms with van der Waals surface area (Å²) in [5.41, 5.74) is -0.380. The van der Waals surface area contributed by atoms with Crippen LogP contribution in [0, 0.1) is 0 Å². The molecule has 0 unspecified atom stereocenters. The molecule has 82 valence electrons. The number of rotatable bonds is 2. The molecule has 4 heteroatoms. The maximum Gasteiger partial charge on any atom is 0.393 e. The van der Waals surface area contributed by atoms with Gasteiger partial charge in [-0.1, -0.05) is 24.3 Å². The van der Waals surface area contributed by atoms with E-state index in [1.165, 1.54) is 6.07 Å². The van der Waals surface area contributed by atoms with E-state index in [9.17, 15) is 18.3 Å². The van der Waals surface area contributed by atoms with Gasteiger partial charge in [0, 0.05) is 0 Å². The zero-order valence-electron chi connectivity index (χ0n) is 8.01. The minimum atomic E-state index is -4.22. The van der Waals surface area contributed by atoms with E-state index >= 15 is 0 Å². The van der Waals surface area contributed by atoms with Gasteiger partial charge < -0.3 is 5.11 Å². The van der Waals surface area contributed by atoms with Crippen molar-refractivity contribution in [1.29, 1.82) is 0 Å². The van der Waals surface area contributed by atoms with Gasteiger partial charge in [0.05, 0.1) is 12.0 Å². The fourth-order valence-corrected chi connectivity index (χ4v) is 1.73. The molecule has 15 heavy (non-hydrogen) atoms. The Labute approximate surface area is 85.5 Å². The highest BCUT2D eigenvalue weighted by Crippen LogP contribution is 2.47. The van der Waals surface area contributed by atoms with Crippen LogP contribution in [0.2, 0.25) is 0 Å². The molecule has 0 aliphatic heterocycles. The van der Waals surface area contributed by atoms with E-state index < -0.39 is 18.2 Å². The van der Waals surface area contributed by atoms with Gasteiger partial charge in [0.15, 0.2) is 0 Å². The summed E-state index contributed by atoms with van der Waals surface area (Å²) in [4.78, 5) is 0. The lowest BCUT2D eigenvalue weighted by Gasteiger charge is -2.15. The molecule has 1 aromatic rings. The van der Waals surface area contributed by atoms with Crippen LogP contribution in [-0.4, -0.2) is 11.3 Å². The number of hydrogen-bond donors (Lipinski definition) is 1. The third kappa shape index (κ3) is 2.31. The van der Waals surface area contributed by atoms with Crippen LogP contribution in [0.25, 0.3) is 0 Å². The molecule has 0 radical (unpaired) electrons. The van der Waals surface area contributed by atoms with Crippen molar-refractivity contribution in [3.8, 4) is 0 Å². The van der Waals surface area contributed by atoms with E-state index in [-0.39, 0.29) is 5.56 Å². The second kappa shape index (κ2) is 3.23. The van der Waals surface area contributed by atoms with Crippen LogP contribution < -0.4 is 0 Å². The number of alkyl halides is 3. The van der Waals surface area contributed by atoms with Gasteiger partial charge in [0.1, 0.15) is 0 Å². The van der Waals surface area contributed by atoms with Crippen molar-refractivity contribution in [3.63, 3.8) is 0 Å². The number of aliphatic hydroxyl groups is 1. The minimum Gasteiger partial charge on any atom is -0.385 e. The monoisotopic (exact) mass is 216 g/mol. The van der Waals surface area contributed by atoms with E-state index in [1.807, 2.05) is 0 Å². The lowest BCUT2D eigenvalue weighted by molar-refractivity contribution is -0.127. The maximum absolute atomic E-state index is 12.2. The van der Waals surface area contributed by atoms with E-state index in [4.69, 9.17) is 0 Å². The van der Waals surface area contributed by atoms with Crippen molar-refractivity contribution in [1.82, 2.24) is 0 Å². The van der Waals surface area contributed by atoms with Crippen molar-refractivity contribution in [2.75, 3.05) is 0 Å². The van der Waals surface area contributed by atoms with Gasteiger partial charge in [0.25, 0.3) is 0 Å². The summed E-state index contributed by atoms with van der Waals surface area (Å²) in [5, 5.41) is 9.81. The molecule has 1 aliphatic carbocycles. The molecule has 0 aromatic heterocycles. The third-order valence-electron chi connectivity index (χ3n) is 2.63. The van der Waals surface area contributed by atoms with Gasteiger partial charge in [-0.3, -0.25) is 0 Å². The fraction of sp³-hybridized carbons (Fsp3) is 0.455. The lowest BCUT2D eigenvalue weighted by Crippen LogP contribution is -2.16. The number of halogens is 3. The largest absolute Gasteiger partial charge is 0.393 e. The van der Waals surface area contributed by atoms with E-state index in [0.717, 1.165) is 0 Å². The van der Waals surface area contributed by atoms with Crippen LogP contribution in [0.3, 0.4) is 0 Å². The zero-order valence-corrected chi connectivity index (χ0v) is 8.01. The highest BCUT2D eigenvalue weighted by molar-refractivity contribution is 5.36. The Bertz CT molecular complexity index is 366. The molecule has 1 aromatic carbocycles. The first-order chi connectivity index (χ1) is 6.91. The first-order valence-corrected chi connectivity index (χ1v) is 4.78. The van der Waals surface area contributed by atoms with Gasteiger partial charge >= 0.3 is 6.18 Å². The zero-order chi connectivity index (χ0) is 11.1. The molecular formula is C11H11F3O. The highest BCUT2D eigenvalue weighted by Gasteiger charge is 2.44. The summed E-state index contributed by atoms with van der Waals surface area (Å²) >= 11 is 0. The molecule has 0 saturated heterocycles. The van der Waals surface area contributed by atoms with Gasteiger partial charge in [-0.15, -0.1) is 0 Å². The molecule has 1 saturated carbocycles. The van der Waals surface area contributed by atoms with Gasteiger partial charge in [0.2, 0.25) is 0 Å². The minimum absolute atomic E-state index is 0.185. The summed E-state index contributed by atoms with van der Waals surface area (Å²) < 4.78 is 36.7. The topological polar surface area (TPSA) is 20.2 Å². The standard InChI is InChI=1S/C11H11F3O/c12-11(13,14)7-8-3-1-2-4-9(8)10(15)5-6-10/h1-4,15H,5-7H2. The van der Waals surface area contributed by atoms with Crippen LogP contribution >= 0.6 is 0 Å². The van der Waals surface area contributed by atoms with Crippen molar-refractivity contribution >= 4 is 0 Å². The molecule has 1 fully saturated rings. The fourth-order valence-electron chi connectivity index (χ4n) is 1.73. The molecule has 0 bridgehead atoms. The van der Waals surface area contributed by atoms with E-state index in [0.29, 0.717) is 18.4 Å². The van der Waals surface area contributed by atoms with Crippen LogP contribution in [0.5, 0.6) is 0 Å². The Hall–Kier alpha value is -1.03. The summed E-state index contributed by atoms with van der Waals surface area (Å²) in [5.74, 6) is 0. The SMILES string of the molecule is OC1(c2ccccc2CC(F)(F)F)CC1. The molecule has 0 amide bonds. The van der Waals surface area contributed by atoms with Crippen LogP contribution in [0.1, 0.15) is 24.0 Å². The first-order valence-electron chi connectivity index (χ1n) is 4.78. The van der Waals surface area contributed by atoms with E-state index in [1.54, 1.807) is 18.2 Å². The molecule has 0 atom stereocenters. The molecule has 2 rings (SSSR count). The Kier molecular flexibility index (Phi) is 2.26. The van der Waals surface area contributed by atoms with Gasteiger partial charge in [-0.25, -0.2) is 0 Å². The molecule has 1 N–H and O–H groups in total. The highest BCUT2D eigenvalue weighted by atomic mass is 19.4. The molecular weight excluding hydrogens is 205 g/mol. The summed E-state index contributed by atoms with van der Waals surface area (Å²) in [7, 11) is 0. The van der Waals surface area contributed by atoms with Crippen LogP contribution in [0.15, 0.2) is 24.3 Å². The van der Waals surface area contributed by atoms with E-state index in [2.05, 4.69) is 0 Å². The second-order valence-electron chi connectivity index (χ2n) is 3.98. The van der Waals surface area contributed by atoms with Crippen molar-refractivity contribution in [3.05, 3.63) is 35.4 Å². The maximum atomic E-state index is 12.2. The van der Waals surface area contributed by atoms with Crippen molar-refractivity contribution < 1.29 is 18.3 Å². The summed E-state index contributed by atoms with van der Waals surface area (Å²) in [6.45, 7) is 0. The first kappa shape index (κ1) is 10.5. The van der Waals surface area contributed by atoms with Crippen LogP contribution in [-0.2, 0) is 12.0 Å². The average molecular weight is 216 g/mol. The Balaban J connectivity index is 2.31. The third-order valence-corrected chi connectivity index (χ3v) is 2.63. The van der Waals surface area contributed by atoms with Crippen molar-refractivity contribution in [2.45, 2.75) is 31.0 Å². The Morgan fingerprint density at radius 2 is 1.80 bits per heavy atom. The smallest absolute Gasteiger partial charge is 0.385 e.